The normalized spacial score (nSPS) is 13.9. The lowest BCUT2D eigenvalue weighted by Crippen LogP contribution is -2.18. The number of rotatable bonds is 2. The van der Waals surface area contributed by atoms with Gasteiger partial charge in [-0.1, -0.05) is 18.2 Å². The summed E-state index contributed by atoms with van der Waals surface area (Å²) in [5, 5.41) is 21.5. The molecule has 2 aromatic carbocycles. The van der Waals surface area contributed by atoms with E-state index in [1.807, 2.05) is 42.3 Å². The summed E-state index contributed by atoms with van der Waals surface area (Å²) >= 11 is 0. The highest BCUT2D eigenvalue weighted by Crippen LogP contribution is 2.36. The summed E-state index contributed by atoms with van der Waals surface area (Å²) in [5.74, 6) is -0.322. The van der Waals surface area contributed by atoms with Gasteiger partial charge in [0, 0.05) is 12.6 Å². The number of benzene rings is 2. The summed E-state index contributed by atoms with van der Waals surface area (Å²) in [6.45, 7) is 2.86. The van der Waals surface area contributed by atoms with Crippen molar-refractivity contribution in [2.75, 3.05) is 6.54 Å². The van der Waals surface area contributed by atoms with E-state index in [1.165, 1.54) is 6.07 Å². The zero-order chi connectivity index (χ0) is 17.6. The fraction of sp³-hybridized carbons (Fsp3) is 0.150. The van der Waals surface area contributed by atoms with Crippen LogP contribution in [0.2, 0.25) is 0 Å². The van der Waals surface area contributed by atoms with Crippen molar-refractivity contribution in [1.82, 2.24) is 4.90 Å². The summed E-state index contributed by atoms with van der Waals surface area (Å²) in [5.41, 5.74) is 1.59. The number of aromatic hydroxyl groups is 2. The van der Waals surface area contributed by atoms with Gasteiger partial charge in [-0.15, -0.1) is 0 Å². The number of phenols is 2. The monoisotopic (exact) mass is 335 g/mol. The third-order valence-electron chi connectivity index (χ3n) is 4.42. The van der Waals surface area contributed by atoms with E-state index in [0.717, 1.165) is 5.56 Å². The first-order valence-corrected chi connectivity index (χ1v) is 8.03. The molecule has 0 saturated carbocycles. The predicted octanol–water partition coefficient (Wildman–Crippen LogP) is 3.55. The van der Waals surface area contributed by atoms with Crippen molar-refractivity contribution < 1.29 is 14.6 Å². The van der Waals surface area contributed by atoms with Gasteiger partial charge in [0.2, 0.25) is 5.43 Å². The number of nitrogens with zero attached hydrogens (tertiary/aromatic N) is 1. The molecule has 0 spiro atoms. The molecule has 0 aliphatic carbocycles. The Kier molecular flexibility index (Phi) is 3.50. The van der Waals surface area contributed by atoms with E-state index in [0.29, 0.717) is 29.6 Å². The maximum atomic E-state index is 12.8. The quantitative estimate of drug-likeness (QED) is 0.701. The van der Waals surface area contributed by atoms with Crippen LogP contribution in [-0.2, 0) is 6.54 Å². The first kappa shape index (κ1) is 15.3. The first-order valence-electron chi connectivity index (χ1n) is 8.03. The Morgan fingerprint density at radius 2 is 2.00 bits per heavy atom. The van der Waals surface area contributed by atoms with Crippen LogP contribution >= 0.6 is 0 Å². The molecule has 0 fully saturated rings. The van der Waals surface area contributed by atoms with Crippen molar-refractivity contribution in [3.05, 3.63) is 70.0 Å². The molecular weight excluding hydrogens is 318 g/mol. The minimum atomic E-state index is -0.302. The van der Waals surface area contributed by atoms with E-state index < -0.39 is 0 Å². The van der Waals surface area contributed by atoms with E-state index in [2.05, 4.69) is 0 Å². The minimum Gasteiger partial charge on any atom is -0.507 e. The van der Waals surface area contributed by atoms with Gasteiger partial charge in [0.15, 0.2) is 0 Å². The fourth-order valence-electron chi connectivity index (χ4n) is 3.11. The van der Waals surface area contributed by atoms with Crippen molar-refractivity contribution in [3.8, 4) is 11.5 Å². The van der Waals surface area contributed by atoms with Gasteiger partial charge in [-0.05, 0) is 36.9 Å². The Labute approximate surface area is 143 Å². The number of allylic oxidation sites excluding steroid dienone is 2. The number of phenolic OH excluding ortho intramolecular Hbond substituents is 2. The topological polar surface area (TPSA) is 73.9 Å². The molecule has 5 heteroatoms. The Morgan fingerprint density at radius 3 is 2.76 bits per heavy atom. The molecule has 25 heavy (non-hydrogen) atoms. The SMILES string of the molecule is Cc1ccc2c(=O)c3c(O)c(CN4C=CC=CC4)c(O)cc3oc2c1. The number of hydrogen-bond acceptors (Lipinski definition) is 5. The van der Waals surface area contributed by atoms with E-state index in [-0.39, 0.29) is 27.9 Å². The van der Waals surface area contributed by atoms with Crippen LogP contribution in [0.25, 0.3) is 21.9 Å². The molecule has 0 saturated heterocycles. The summed E-state index contributed by atoms with van der Waals surface area (Å²) in [6, 6.07) is 6.69. The van der Waals surface area contributed by atoms with Gasteiger partial charge in [0.1, 0.15) is 28.1 Å². The van der Waals surface area contributed by atoms with Crippen molar-refractivity contribution in [3.63, 3.8) is 0 Å². The van der Waals surface area contributed by atoms with Crippen LogP contribution in [0.5, 0.6) is 11.5 Å². The largest absolute Gasteiger partial charge is 0.507 e. The van der Waals surface area contributed by atoms with E-state index in [4.69, 9.17) is 4.42 Å². The zero-order valence-electron chi connectivity index (χ0n) is 13.7. The second kappa shape index (κ2) is 5.70. The molecule has 1 aliphatic rings. The Morgan fingerprint density at radius 1 is 1.16 bits per heavy atom. The lowest BCUT2D eigenvalue weighted by molar-refractivity contribution is 0.372. The molecule has 4 rings (SSSR count). The fourth-order valence-corrected chi connectivity index (χ4v) is 3.11. The van der Waals surface area contributed by atoms with Crippen LogP contribution in [0.15, 0.2) is 57.9 Å². The third kappa shape index (κ3) is 2.54. The van der Waals surface area contributed by atoms with Gasteiger partial charge in [-0.3, -0.25) is 4.79 Å². The Bertz CT molecular complexity index is 1110. The van der Waals surface area contributed by atoms with Crippen LogP contribution < -0.4 is 5.43 Å². The second-order valence-corrected chi connectivity index (χ2v) is 6.23. The Balaban J connectivity index is 1.94. The predicted molar refractivity (Wildman–Crippen MR) is 96.7 cm³/mol. The minimum absolute atomic E-state index is 0.0943. The average Bonchev–Trinajstić information content (AvgIpc) is 2.59. The molecule has 126 valence electrons. The van der Waals surface area contributed by atoms with Crippen LogP contribution in [0.1, 0.15) is 11.1 Å². The average molecular weight is 335 g/mol. The van der Waals surface area contributed by atoms with Crippen molar-refractivity contribution in [2.45, 2.75) is 13.5 Å². The van der Waals surface area contributed by atoms with Gasteiger partial charge in [-0.25, -0.2) is 0 Å². The second-order valence-electron chi connectivity index (χ2n) is 6.23. The van der Waals surface area contributed by atoms with Crippen LogP contribution in [0.4, 0.5) is 0 Å². The molecule has 0 amide bonds. The maximum absolute atomic E-state index is 12.8. The van der Waals surface area contributed by atoms with Crippen LogP contribution in [0.3, 0.4) is 0 Å². The standard InChI is InChI=1S/C20H17NO4/c1-12-5-6-13-16(9-12)25-17-10-15(22)14(20(24)18(17)19(13)23)11-21-7-3-2-4-8-21/h2-7,9-10,22,24H,8,11H2,1H3. The van der Waals surface area contributed by atoms with E-state index in [1.54, 1.807) is 12.1 Å². The summed E-state index contributed by atoms with van der Waals surface area (Å²) in [6.07, 6.45) is 7.65. The van der Waals surface area contributed by atoms with E-state index >= 15 is 0 Å². The molecule has 1 aromatic heterocycles. The highest BCUT2D eigenvalue weighted by atomic mass is 16.3. The van der Waals surface area contributed by atoms with Crippen LogP contribution in [0, 0.1) is 6.92 Å². The number of aryl methyl sites for hydroxylation is 1. The summed E-state index contributed by atoms with van der Waals surface area (Å²) < 4.78 is 5.76. The van der Waals surface area contributed by atoms with Gasteiger partial charge in [0.25, 0.3) is 0 Å². The molecule has 1 aliphatic heterocycles. The molecule has 0 radical (unpaired) electrons. The molecule has 3 aromatic rings. The smallest absolute Gasteiger partial charge is 0.204 e. The highest BCUT2D eigenvalue weighted by Gasteiger charge is 2.19. The first-order chi connectivity index (χ1) is 12.0. The third-order valence-corrected chi connectivity index (χ3v) is 4.42. The molecule has 0 bridgehead atoms. The van der Waals surface area contributed by atoms with Gasteiger partial charge >= 0.3 is 0 Å². The Hall–Kier alpha value is -3.21. The molecule has 5 nitrogen and oxygen atoms in total. The van der Waals surface area contributed by atoms with Crippen molar-refractivity contribution in [2.24, 2.45) is 0 Å². The van der Waals surface area contributed by atoms with Gasteiger partial charge < -0.3 is 19.5 Å². The molecule has 0 atom stereocenters. The van der Waals surface area contributed by atoms with E-state index in [9.17, 15) is 15.0 Å². The summed E-state index contributed by atoms with van der Waals surface area (Å²) in [7, 11) is 0. The lowest BCUT2D eigenvalue weighted by atomic mass is 10.0. The summed E-state index contributed by atoms with van der Waals surface area (Å²) in [4.78, 5) is 14.8. The molecule has 0 unspecified atom stereocenters. The van der Waals surface area contributed by atoms with Crippen molar-refractivity contribution >= 4 is 21.9 Å². The van der Waals surface area contributed by atoms with Crippen LogP contribution in [-0.4, -0.2) is 21.7 Å². The highest BCUT2D eigenvalue weighted by molar-refractivity contribution is 5.95. The van der Waals surface area contributed by atoms with Gasteiger partial charge in [0.05, 0.1) is 17.5 Å². The maximum Gasteiger partial charge on any atom is 0.204 e. The molecule has 2 heterocycles. The number of hydrogen-bond donors (Lipinski definition) is 2. The lowest BCUT2D eigenvalue weighted by Gasteiger charge is -2.22. The molecule has 2 N–H and O–H groups in total. The van der Waals surface area contributed by atoms with Crippen molar-refractivity contribution in [1.29, 1.82) is 0 Å². The molecular formula is C20H17NO4. The number of fused-ring (bicyclic) bond motifs is 2. The van der Waals surface area contributed by atoms with Gasteiger partial charge in [-0.2, -0.15) is 0 Å². The zero-order valence-corrected chi connectivity index (χ0v) is 13.7.